The number of hydrogen-bond donors (Lipinski definition) is 5. The predicted molar refractivity (Wildman–Crippen MR) is 227 cm³/mol. The van der Waals surface area contributed by atoms with Gasteiger partial charge in [0.05, 0.1) is 17.0 Å². The fourth-order valence-electron chi connectivity index (χ4n) is 11.6. The van der Waals surface area contributed by atoms with Gasteiger partial charge in [-0.2, -0.15) is 13.2 Å². The Labute approximate surface area is 357 Å². The van der Waals surface area contributed by atoms with E-state index in [4.69, 9.17) is 29.2 Å². The first-order chi connectivity index (χ1) is 28.2. The zero-order chi connectivity index (χ0) is 43.7. The topological polar surface area (TPSA) is 190 Å². The number of nitrogens with zero attached hydrogens (tertiary/aromatic N) is 2. The van der Waals surface area contributed by atoms with Crippen LogP contribution in [-0.2, 0) is 14.3 Å². The summed E-state index contributed by atoms with van der Waals surface area (Å²) in [5, 5.41) is 39.2. The average molecular weight is 876 g/mol. The Morgan fingerprint density at radius 2 is 1.42 bits per heavy atom. The first-order valence-corrected chi connectivity index (χ1v) is 21.1. The smallest absolute Gasteiger partial charge is 0.469 e. The molecule has 0 unspecified atom stereocenters. The second kappa shape index (κ2) is 17.8. The molecule has 11 atom stereocenters. The molecule has 4 fully saturated rings. The largest absolute Gasteiger partial charge is 0.471 e. The number of carbonyl (C=O) groups excluding carboxylic acids is 2. The molecular formula is C41H52F3N7O7S2. The Bertz CT molecular complexity index is 1980. The van der Waals surface area contributed by atoms with Crippen LogP contribution >= 0.6 is 24.4 Å². The number of nitrogens with one attached hydrogen (secondary N) is 5. The summed E-state index contributed by atoms with van der Waals surface area (Å²) in [6.45, 7) is 6.71. The molecular weight excluding hydrogens is 824 g/mol. The lowest BCUT2D eigenvalue weighted by molar-refractivity contribution is -0.385. The van der Waals surface area contributed by atoms with Crippen LogP contribution in [0.1, 0.15) is 78.6 Å². The summed E-state index contributed by atoms with van der Waals surface area (Å²) in [5.74, 6) is -1.81. The molecule has 0 aromatic heterocycles. The fraction of sp³-hybridized carbons (Fsp3) is 0.610. The maximum Gasteiger partial charge on any atom is 0.471 e. The molecule has 2 aromatic carbocycles. The van der Waals surface area contributed by atoms with Crippen LogP contribution in [0.15, 0.2) is 48.5 Å². The van der Waals surface area contributed by atoms with Gasteiger partial charge >= 0.3 is 18.1 Å². The molecule has 1 amide bonds. The van der Waals surface area contributed by atoms with Gasteiger partial charge in [-0.3, -0.25) is 29.8 Å². The number of benzene rings is 2. The molecule has 5 N–H and O–H groups in total. The number of carbonyl (C=O) groups is 2. The maximum absolute atomic E-state index is 13.4. The van der Waals surface area contributed by atoms with Crippen molar-refractivity contribution >= 4 is 69.3 Å². The Morgan fingerprint density at radius 1 is 0.850 bits per heavy atom. The number of alkyl halides is 3. The number of halogens is 3. The molecule has 60 heavy (non-hydrogen) atoms. The van der Waals surface area contributed by atoms with Gasteiger partial charge in [0.15, 0.2) is 10.2 Å². The molecule has 326 valence electrons. The van der Waals surface area contributed by atoms with Crippen LogP contribution < -0.4 is 26.6 Å². The molecule has 0 radical (unpaired) electrons. The van der Waals surface area contributed by atoms with Crippen LogP contribution in [0.4, 0.5) is 35.9 Å². The van der Waals surface area contributed by atoms with Crippen LogP contribution in [0.5, 0.6) is 0 Å². The number of fused-ring (bicyclic) bond motifs is 5. The number of rotatable bonds is 11. The molecule has 0 spiro atoms. The van der Waals surface area contributed by atoms with Gasteiger partial charge in [-0.05, 0) is 146 Å². The van der Waals surface area contributed by atoms with E-state index in [2.05, 4.69) is 47.4 Å². The number of anilines is 2. The molecule has 0 aliphatic heterocycles. The van der Waals surface area contributed by atoms with Gasteiger partial charge in [-0.1, -0.05) is 20.8 Å². The Balaban J connectivity index is 1.34. The predicted octanol–water partition coefficient (Wildman–Crippen LogP) is 8.03. The van der Waals surface area contributed by atoms with Crippen molar-refractivity contribution in [2.45, 2.75) is 103 Å². The van der Waals surface area contributed by atoms with Crippen LogP contribution in [-0.4, -0.2) is 63.4 Å². The SMILES string of the molecule is COC(=O)CC[C@@H](C)[C@H]1CC[C@H]2[C@@H]3[C@H](NC(=S)Nc4ccc([N+](=O)[O-])cc4)C[C@@H]4C[C@H](NC(=O)C(F)(F)F)CC[C@]4(C)[C@H]3C[C@H](NC(=S)Nc3ccc([N+](=O)[O-])cc3)[C@]12C. The number of amides is 1. The zero-order valence-corrected chi connectivity index (χ0v) is 35.5. The van der Waals surface area contributed by atoms with E-state index in [1.807, 2.05) is 0 Å². The van der Waals surface area contributed by atoms with Crippen molar-refractivity contribution in [1.29, 1.82) is 0 Å². The van der Waals surface area contributed by atoms with Gasteiger partial charge < -0.3 is 31.3 Å². The Morgan fingerprint density at radius 3 is 1.95 bits per heavy atom. The average Bonchev–Trinajstić information content (AvgIpc) is 3.55. The van der Waals surface area contributed by atoms with Crippen LogP contribution in [0.2, 0.25) is 0 Å². The normalized spacial score (nSPS) is 31.2. The maximum atomic E-state index is 13.4. The standard InChI is InChI=1S/C41H52F3N7O7S2/c1-22(5-16-34(52)58-4)29-14-15-30-35-31(21-33(40(29,30)3)49-38(60)47-25-8-12-28(13-9-25)51(56)57)39(2)18-17-26(45-36(53)41(42,43)44)19-23(39)20-32(35)48-37(59)46-24-6-10-27(11-7-24)50(54)55/h6-13,22-23,26,29-33,35H,5,14-21H2,1-4H3,(H,45,53)(H2,46,48,59)(H2,47,49,60)/t22-,23+,26-,29-,30+,31+,32-,33+,35+,39+,40-/m1/s1. The van der Waals surface area contributed by atoms with E-state index in [-0.39, 0.29) is 82.2 Å². The molecule has 4 aliphatic carbocycles. The third kappa shape index (κ3) is 9.31. The van der Waals surface area contributed by atoms with E-state index in [0.29, 0.717) is 60.1 Å². The highest BCUT2D eigenvalue weighted by molar-refractivity contribution is 7.80. The molecule has 4 aliphatic rings. The van der Waals surface area contributed by atoms with E-state index >= 15 is 0 Å². The highest BCUT2D eigenvalue weighted by atomic mass is 32.1. The van der Waals surface area contributed by atoms with Crippen molar-refractivity contribution in [3.8, 4) is 0 Å². The fourth-order valence-corrected chi connectivity index (χ4v) is 12.2. The summed E-state index contributed by atoms with van der Waals surface area (Å²) in [6, 6.07) is 10.8. The third-order valence-electron chi connectivity index (χ3n) is 14.5. The number of nitro groups is 2. The quantitative estimate of drug-likeness (QED) is 0.0632. The third-order valence-corrected chi connectivity index (χ3v) is 15.0. The summed E-state index contributed by atoms with van der Waals surface area (Å²) < 4.78 is 45.2. The number of hydrogen-bond acceptors (Lipinski definition) is 9. The molecule has 2 aromatic rings. The number of esters is 1. The number of ether oxygens (including phenoxy) is 1. The summed E-state index contributed by atoms with van der Waals surface area (Å²) in [5.41, 5.74) is 0.314. The lowest BCUT2D eigenvalue weighted by Gasteiger charge is -2.65. The number of non-ortho nitro benzene ring substituents is 2. The van der Waals surface area contributed by atoms with E-state index in [0.717, 1.165) is 12.8 Å². The summed E-state index contributed by atoms with van der Waals surface area (Å²) in [7, 11) is 1.38. The van der Waals surface area contributed by atoms with Crippen LogP contribution in [0.3, 0.4) is 0 Å². The van der Waals surface area contributed by atoms with Gasteiger partial charge in [0.25, 0.3) is 11.4 Å². The lowest BCUT2D eigenvalue weighted by Crippen LogP contribution is -2.68. The van der Waals surface area contributed by atoms with Crippen molar-refractivity contribution < 1.29 is 37.3 Å². The monoisotopic (exact) mass is 875 g/mol. The second-order valence-corrected chi connectivity index (χ2v) is 18.3. The molecule has 14 nitrogen and oxygen atoms in total. The lowest BCUT2D eigenvalue weighted by atomic mass is 9.42. The molecule has 0 heterocycles. The van der Waals surface area contributed by atoms with E-state index in [1.54, 1.807) is 24.3 Å². The molecule has 6 rings (SSSR count). The van der Waals surface area contributed by atoms with Crippen LogP contribution in [0, 0.1) is 66.6 Å². The molecule has 0 bridgehead atoms. The molecule has 0 saturated heterocycles. The van der Waals surface area contributed by atoms with E-state index in [9.17, 15) is 43.0 Å². The van der Waals surface area contributed by atoms with Crippen molar-refractivity contribution in [1.82, 2.24) is 16.0 Å². The molecule has 19 heteroatoms. The number of nitro benzene ring substituents is 2. The summed E-state index contributed by atoms with van der Waals surface area (Å²) >= 11 is 11.8. The van der Waals surface area contributed by atoms with Crippen molar-refractivity contribution in [3.63, 3.8) is 0 Å². The van der Waals surface area contributed by atoms with E-state index < -0.39 is 28.0 Å². The van der Waals surface area contributed by atoms with Crippen molar-refractivity contribution in [3.05, 3.63) is 68.8 Å². The Kier molecular flexibility index (Phi) is 13.3. The highest BCUT2D eigenvalue weighted by Crippen LogP contribution is 2.68. The van der Waals surface area contributed by atoms with Gasteiger partial charge in [0.1, 0.15) is 0 Å². The second-order valence-electron chi connectivity index (χ2n) is 17.5. The number of methoxy groups -OCH3 is 1. The van der Waals surface area contributed by atoms with Crippen LogP contribution in [0.25, 0.3) is 0 Å². The first kappa shape index (κ1) is 44.9. The zero-order valence-electron chi connectivity index (χ0n) is 33.9. The summed E-state index contributed by atoms with van der Waals surface area (Å²) in [4.78, 5) is 46.0. The van der Waals surface area contributed by atoms with Crippen molar-refractivity contribution in [2.24, 2.45) is 46.3 Å². The van der Waals surface area contributed by atoms with Crippen molar-refractivity contribution in [2.75, 3.05) is 17.7 Å². The van der Waals surface area contributed by atoms with Gasteiger partial charge in [0, 0.05) is 60.2 Å². The van der Waals surface area contributed by atoms with Gasteiger partial charge in [-0.25, -0.2) is 0 Å². The van der Waals surface area contributed by atoms with Gasteiger partial charge in [0.2, 0.25) is 0 Å². The minimum Gasteiger partial charge on any atom is -0.469 e. The minimum absolute atomic E-state index is 0.0390. The Hall–Kier alpha value is -4.65. The minimum atomic E-state index is -5.00. The highest BCUT2D eigenvalue weighted by Gasteiger charge is 2.66. The number of thiocarbonyl (C=S) groups is 2. The first-order valence-electron chi connectivity index (χ1n) is 20.3. The van der Waals surface area contributed by atoms with Gasteiger partial charge in [-0.15, -0.1) is 0 Å². The van der Waals surface area contributed by atoms with E-state index in [1.165, 1.54) is 31.4 Å². The molecule has 4 saturated carbocycles. The summed E-state index contributed by atoms with van der Waals surface area (Å²) in [6.07, 6.45) is 0.255.